The number of carbonyl (C=O) groups is 1. The molecule has 10 heteroatoms. The van der Waals surface area contributed by atoms with Crippen LogP contribution in [0.3, 0.4) is 0 Å². The minimum atomic E-state index is -0.921. The van der Waals surface area contributed by atoms with E-state index in [2.05, 4.69) is 19.9 Å². The van der Waals surface area contributed by atoms with Crippen LogP contribution in [-0.2, 0) is 11.2 Å². The van der Waals surface area contributed by atoms with Crippen molar-refractivity contribution in [1.29, 1.82) is 0 Å². The zero-order valence-corrected chi connectivity index (χ0v) is 12.2. The second kappa shape index (κ2) is 6.48. The lowest BCUT2D eigenvalue weighted by Gasteiger charge is -2.02. The Labute approximate surface area is 122 Å². The van der Waals surface area contributed by atoms with E-state index in [1.807, 2.05) is 0 Å². The molecule has 0 bridgehead atoms. The number of carboxylic acids is 1. The number of rotatable bonds is 6. The third-order valence-corrected chi connectivity index (χ3v) is 3.83. The van der Waals surface area contributed by atoms with Gasteiger partial charge in [0.15, 0.2) is 4.34 Å². The third kappa shape index (κ3) is 3.78. The molecule has 0 aliphatic heterocycles. The molecule has 0 radical (unpaired) electrons. The van der Waals surface area contributed by atoms with Crippen LogP contribution in [0.15, 0.2) is 14.9 Å². The normalized spacial score (nSPS) is 10.3. The molecule has 0 saturated heterocycles. The van der Waals surface area contributed by atoms with Gasteiger partial charge in [-0.1, -0.05) is 0 Å². The van der Waals surface area contributed by atoms with E-state index in [0.29, 0.717) is 15.2 Å². The van der Waals surface area contributed by atoms with E-state index in [0.717, 1.165) is 0 Å². The SMILES string of the molecule is COc1nc(OC)nc(Sc2nc(CC(=O)O)cs2)n1. The minimum absolute atomic E-state index is 0.110. The van der Waals surface area contributed by atoms with Crippen LogP contribution in [-0.4, -0.2) is 45.2 Å². The monoisotopic (exact) mass is 314 g/mol. The van der Waals surface area contributed by atoms with Gasteiger partial charge in [-0.15, -0.1) is 16.3 Å². The van der Waals surface area contributed by atoms with E-state index in [1.54, 1.807) is 5.38 Å². The second-order valence-corrected chi connectivity index (χ2v) is 5.44. The summed E-state index contributed by atoms with van der Waals surface area (Å²) < 4.78 is 10.5. The number of aliphatic carboxylic acids is 1. The Morgan fingerprint density at radius 2 is 1.90 bits per heavy atom. The summed E-state index contributed by atoms with van der Waals surface area (Å²) in [5.41, 5.74) is 0.498. The van der Waals surface area contributed by atoms with Crippen molar-refractivity contribution in [2.75, 3.05) is 14.2 Å². The number of carboxylic acid groups (broad SMARTS) is 1. The van der Waals surface area contributed by atoms with Crippen LogP contribution in [0.1, 0.15) is 5.69 Å². The molecule has 0 spiro atoms. The highest BCUT2D eigenvalue weighted by Crippen LogP contribution is 2.29. The van der Waals surface area contributed by atoms with Gasteiger partial charge in [0.2, 0.25) is 5.16 Å². The van der Waals surface area contributed by atoms with E-state index < -0.39 is 5.97 Å². The van der Waals surface area contributed by atoms with Crippen molar-refractivity contribution in [3.63, 3.8) is 0 Å². The number of ether oxygens (including phenoxy) is 2. The van der Waals surface area contributed by atoms with Crippen LogP contribution in [0.4, 0.5) is 0 Å². The molecule has 0 aliphatic rings. The van der Waals surface area contributed by atoms with Gasteiger partial charge in [0.1, 0.15) is 0 Å². The van der Waals surface area contributed by atoms with Crippen molar-refractivity contribution < 1.29 is 19.4 Å². The Bertz CT molecular complexity index is 597. The highest BCUT2D eigenvalue weighted by atomic mass is 32.2. The highest BCUT2D eigenvalue weighted by molar-refractivity contribution is 8.00. The van der Waals surface area contributed by atoms with Crippen molar-refractivity contribution in [3.05, 3.63) is 11.1 Å². The Morgan fingerprint density at radius 3 is 2.45 bits per heavy atom. The summed E-state index contributed by atoms with van der Waals surface area (Å²) >= 11 is 2.51. The van der Waals surface area contributed by atoms with E-state index >= 15 is 0 Å². The Morgan fingerprint density at radius 1 is 1.25 bits per heavy atom. The first-order chi connectivity index (χ1) is 9.60. The topological polar surface area (TPSA) is 107 Å². The first-order valence-electron chi connectivity index (χ1n) is 5.29. The zero-order chi connectivity index (χ0) is 14.5. The number of aromatic nitrogens is 4. The molecule has 20 heavy (non-hydrogen) atoms. The van der Waals surface area contributed by atoms with Crippen molar-refractivity contribution in [2.24, 2.45) is 0 Å². The molecule has 0 saturated carbocycles. The van der Waals surface area contributed by atoms with Crippen LogP contribution >= 0.6 is 23.1 Å². The highest BCUT2D eigenvalue weighted by Gasteiger charge is 2.12. The lowest BCUT2D eigenvalue weighted by atomic mass is 10.3. The maximum atomic E-state index is 10.6. The molecular formula is C10H10N4O4S2. The van der Waals surface area contributed by atoms with E-state index in [-0.39, 0.29) is 18.4 Å². The van der Waals surface area contributed by atoms with Crippen LogP contribution < -0.4 is 9.47 Å². The van der Waals surface area contributed by atoms with Gasteiger partial charge in [0.25, 0.3) is 0 Å². The molecule has 0 fully saturated rings. The van der Waals surface area contributed by atoms with Gasteiger partial charge in [0, 0.05) is 5.38 Å². The minimum Gasteiger partial charge on any atom is -0.481 e. The molecular weight excluding hydrogens is 304 g/mol. The van der Waals surface area contributed by atoms with Gasteiger partial charge in [-0.2, -0.15) is 9.97 Å². The second-order valence-electron chi connectivity index (χ2n) is 3.37. The number of nitrogens with zero attached hydrogens (tertiary/aromatic N) is 4. The lowest BCUT2D eigenvalue weighted by molar-refractivity contribution is -0.136. The summed E-state index contributed by atoms with van der Waals surface area (Å²) in [5.74, 6) is -0.921. The Kier molecular flexibility index (Phi) is 4.69. The number of thiazole rings is 1. The van der Waals surface area contributed by atoms with Crippen molar-refractivity contribution in [3.8, 4) is 12.0 Å². The fourth-order valence-corrected chi connectivity index (χ4v) is 2.87. The summed E-state index contributed by atoms with van der Waals surface area (Å²) in [6.45, 7) is 0. The van der Waals surface area contributed by atoms with E-state index in [4.69, 9.17) is 14.6 Å². The standard InChI is InChI=1S/C10H10N4O4S2/c1-17-7-12-8(18-2)14-9(13-7)20-10-11-5(4-19-10)3-6(15)16/h4H,3H2,1-2H3,(H,15,16). The molecule has 2 aromatic rings. The van der Waals surface area contributed by atoms with Crippen LogP contribution in [0, 0.1) is 0 Å². The fraction of sp³-hybridized carbons (Fsp3) is 0.300. The number of hydrogen-bond donors (Lipinski definition) is 1. The van der Waals surface area contributed by atoms with Crippen LogP contribution in [0.5, 0.6) is 12.0 Å². The molecule has 2 rings (SSSR count). The van der Waals surface area contributed by atoms with E-state index in [1.165, 1.54) is 37.3 Å². The summed E-state index contributed by atoms with van der Waals surface area (Å²) in [7, 11) is 2.88. The quantitative estimate of drug-likeness (QED) is 0.839. The largest absolute Gasteiger partial charge is 0.481 e. The molecule has 1 N–H and O–H groups in total. The summed E-state index contributed by atoms with van der Waals surface area (Å²) in [4.78, 5) is 26.8. The smallest absolute Gasteiger partial charge is 0.323 e. The third-order valence-electron chi connectivity index (χ3n) is 1.98. The molecule has 8 nitrogen and oxygen atoms in total. The van der Waals surface area contributed by atoms with Crippen molar-refractivity contribution in [2.45, 2.75) is 15.9 Å². The Balaban J connectivity index is 2.16. The molecule has 106 valence electrons. The van der Waals surface area contributed by atoms with Gasteiger partial charge < -0.3 is 14.6 Å². The summed E-state index contributed by atoms with van der Waals surface area (Å²) in [6, 6.07) is 0.281. The van der Waals surface area contributed by atoms with Gasteiger partial charge in [-0.3, -0.25) is 4.79 Å². The molecule has 0 aromatic carbocycles. The summed E-state index contributed by atoms with van der Waals surface area (Å²) in [5, 5.41) is 10.7. The molecule has 2 heterocycles. The van der Waals surface area contributed by atoms with Crippen LogP contribution in [0.2, 0.25) is 0 Å². The molecule has 0 aliphatic carbocycles. The van der Waals surface area contributed by atoms with Gasteiger partial charge in [-0.05, 0) is 11.8 Å². The van der Waals surface area contributed by atoms with E-state index in [9.17, 15) is 4.79 Å². The van der Waals surface area contributed by atoms with Gasteiger partial charge in [0.05, 0.1) is 26.3 Å². The number of hydrogen-bond acceptors (Lipinski definition) is 9. The summed E-state index contributed by atoms with van der Waals surface area (Å²) in [6.07, 6.45) is -0.110. The number of methoxy groups -OCH3 is 2. The zero-order valence-electron chi connectivity index (χ0n) is 10.6. The molecule has 2 aromatic heterocycles. The first kappa shape index (κ1) is 14.5. The predicted molar refractivity (Wildman–Crippen MR) is 70.5 cm³/mol. The fourth-order valence-electron chi connectivity index (χ4n) is 1.20. The van der Waals surface area contributed by atoms with Gasteiger partial charge >= 0.3 is 18.0 Å². The maximum Gasteiger partial charge on any atom is 0.323 e. The van der Waals surface area contributed by atoms with Gasteiger partial charge in [-0.25, -0.2) is 4.98 Å². The Hall–Kier alpha value is -1.94. The average molecular weight is 314 g/mol. The molecule has 0 atom stereocenters. The lowest BCUT2D eigenvalue weighted by Crippen LogP contribution is -2.00. The predicted octanol–water partition coefficient (Wildman–Crippen LogP) is 1.12. The maximum absolute atomic E-state index is 10.6. The molecule has 0 amide bonds. The average Bonchev–Trinajstić information content (AvgIpc) is 2.84. The van der Waals surface area contributed by atoms with Crippen LogP contribution in [0.25, 0.3) is 0 Å². The molecule has 0 unspecified atom stereocenters. The van der Waals surface area contributed by atoms with Crippen molar-refractivity contribution >= 4 is 29.1 Å². The first-order valence-corrected chi connectivity index (χ1v) is 6.98. The van der Waals surface area contributed by atoms with Crippen molar-refractivity contribution in [1.82, 2.24) is 19.9 Å².